The van der Waals surface area contributed by atoms with Gasteiger partial charge in [-0.3, -0.25) is 24.3 Å². The lowest BCUT2D eigenvalue weighted by molar-refractivity contribution is -0.161. The number of aromatic nitrogens is 1. The van der Waals surface area contributed by atoms with Crippen molar-refractivity contribution in [3.63, 3.8) is 0 Å². The lowest BCUT2D eigenvalue weighted by atomic mass is 9.95. The van der Waals surface area contributed by atoms with Crippen LogP contribution in [0.25, 0.3) is 11.3 Å². The Balaban J connectivity index is 1.53. The molecule has 0 aliphatic carbocycles. The molecule has 3 amide bonds. The lowest BCUT2D eigenvalue weighted by Crippen LogP contribution is -2.58. The molecule has 0 aliphatic rings. The Bertz CT molecular complexity index is 1980. The highest BCUT2D eigenvalue weighted by molar-refractivity contribution is 6.74. The van der Waals surface area contributed by atoms with E-state index < -0.39 is 61.9 Å². The maximum Gasteiger partial charge on any atom is 0.412 e. The Morgan fingerprint density at radius 3 is 2.09 bits per heavy atom. The number of hydrogen-bond donors (Lipinski definition) is 3. The van der Waals surface area contributed by atoms with Crippen molar-refractivity contribution in [2.75, 3.05) is 18.4 Å². The molecule has 10 nitrogen and oxygen atoms in total. The molecule has 55 heavy (non-hydrogen) atoms. The molecule has 0 saturated carbocycles. The van der Waals surface area contributed by atoms with E-state index in [-0.39, 0.29) is 24.8 Å². The van der Waals surface area contributed by atoms with Crippen molar-refractivity contribution in [3.8, 4) is 11.3 Å². The van der Waals surface area contributed by atoms with E-state index in [0.717, 1.165) is 21.3 Å². The summed E-state index contributed by atoms with van der Waals surface area (Å²) in [7, 11) is -2.91. The first-order chi connectivity index (χ1) is 25.9. The number of carbonyl (C=O) groups excluding carboxylic acids is 3. The quantitative estimate of drug-likeness (QED) is 0.0995. The van der Waals surface area contributed by atoms with E-state index in [4.69, 9.17) is 9.16 Å². The standard InChI is InChI=1S/C42H52F2N4O6Si/c1-29(2)33-21-15-14-18-31(33)24-25-45-39(51)42(43,44)36(54-55(6,7)41(3,4)5)26-46-37(49)27-48-35(32-19-12-9-13-20-32)23-22-34(38(48)50)47-40(52)53-28-30-16-10-8-11-17-30/h8-23,29,36H,24-28H2,1-7H3,(H,45,51)(H,46,49)(H,47,52). The van der Waals surface area contributed by atoms with Gasteiger partial charge < -0.3 is 19.8 Å². The van der Waals surface area contributed by atoms with E-state index in [1.54, 1.807) is 73.8 Å². The smallest absolute Gasteiger partial charge is 0.412 e. The average Bonchev–Trinajstić information content (AvgIpc) is 3.14. The predicted molar refractivity (Wildman–Crippen MR) is 214 cm³/mol. The number of hydrogen-bond acceptors (Lipinski definition) is 6. The number of benzene rings is 3. The number of amides is 3. The lowest BCUT2D eigenvalue weighted by Gasteiger charge is -2.40. The summed E-state index contributed by atoms with van der Waals surface area (Å²) in [5.41, 5.74) is 2.86. The first-order valence-electron chi connectivity index (χ1n) is 18.4. The van der Waals surface area contributed by atoms with Crippen molar-refractivity contribution in [3.05, 3.63) is 124 Å². The minimum absolute atomic E-state index is 0.0211. The summed E-state index contributed by atoms with van der Waals surface area (Å²) in [6.45, 7) is 12.0. The Kier molecular flexibility index (Phi) is 14.3. The molecule has 0 spiro atoms. The second-order valence-electron chi connectivity index (χ2n) is 15.2. The van der Waals surface area contributed by atoms with Gasteiger partial charge in [0.25, 0.3) is 11.5 Å². The minimum Gasteiger partial charge on any atom is -0.444 e. The third kappa shape index (κ3) is 11.4. The summed E-state index contributed by atoms with van der Waals surface area (Å²) < 4.78 is 44.8. The number of pyridine rings is 1. The van der Waals surface area contributed by atoms with Gasteiger partial charge >= 0.3 is 12.0 Å². The summed E-state index contributed by atoms with van der Waals surface area (Å²) in [6.07, 6.45) is -2.52. The number of ether oxygens (including phenoxy) is 1. The number of halogens is 2. The van der Waals surface area contributed by atoms with Crippen molar-refractivity contribution < 1.29 is 32.3 Å². The van der Waals surface area contributed by atoms with Crippen LogP contribution in [0.4, 0.5) is 19.3 Å². The normalized spacial score (nSPS) is 12.5. The number of carbonyl (C=O) groups is 3. The number of nitrogens with zero attached hydrogens (tertiary/aromatic N) is 1. The van der Waals surface area contributed by atoms with Crippen molar-refractivity contribution in [1.82, 2.24) is 15.2 Å². The number of anilines is 1. The minimum atomic E-state index is -4.02. The Labute approximate surface area is 322 Å². The van der Waals surface area contributed by atoms with Gasteiger partial charge in [0.2, 0.25) is 5.91 Å². The molecule has 13 heteroatoms. The number of rotatable bonds is 16. The molecule has 1 unspecified atom stereocenters. The van der Waals surface area contributed by atoms with Crippen LogP contribution in [0, 0.1) is 0 Å². The predicted octanol–water partition coefficient (Wildman–Crippen LogP) is 7.89. The van der Waals surface area contributed by atoms with Crippen molar-refractivity contribution in [1.29, 1.82) is 0 Å². The summed E-state index contributed by atoms with van der Waals surface area (Å²) in [5, 5.41) is 6.84. The van der Waals surface area contributed by atoms with Crippen molar-refractivity contribution >= 4 is 31.9 Å². The second-order valence-corrected chi connectivity index (χ2v) is 20.0. The summed E-state index contributed by atoms with van der Waals surface area (Å²) in [6, 6.07) is 28.5. The van der Waals surface area contributed by atoms with Gasteiger partial charge in [-0.2, -0.15) is 8.78 Å². The maximum atomic E-state index is 16.1. The van der Waals surface area contributed by atoms with Crippen LogP contribution in [-0.4, -0.2) is 55.9 Å². The molecule has 1 heterocycles. The largest absolute Gasteiger partial charge is 0.444 e. The van der Waals surface area contributed by atoms with Gasteiger partial charge in [0, 0.05) is 13.1 Å². The van der Waals surface area contributed by atoms with Crippen LogP contribution in [-0.2, 0) is 38.3 Å². The van der Waals surface area contributed by atoms with Crippen LogP contribution in [0.3, 0.4) is 0 Å². The van der Waals surface area contributed by atoms with Gasteiger partial charge in [-0.25, -0.2) is 4.79 Å². The fourth-order valence-electron chi connectivity index (χ4n) is 5.64. The molecule has 294 valence electrons. The maximum absolute atomic E-state index is 16.1. The number of nitrogens with one attached hydrogen (secondary N) is 3. The highest BCUT2D eigenvalue weighted by Crippen LogP contribution is 2.39. The van der Waals surface area contributed by atoms with E-state index in [1.165, 1.54) is 6.07 Å². The molecule has 0 radical (unpaired) electrons. The second kappa shape index (κ2) is 18.5. The molecule has 4 rings (SSSR count). The average molecular weight is 775 g/mol. The zero-order valence-corrected chi connectivity index (χ0v) is 33.6. The van der Waals surface area contributed by atoms with Gasteiger partial charge in [0.05, 0.1) is 5.69 Å². The molecule has 4 aromatic rings. The third-order valence-corrected chi connectivity index (χ3v) is 14.3. The van der Waals surface area contributed by atoms with Crippen LogP contribution in [0.2, 0.25) is 18.1 Å². The highest BCUT2D eigenvalue weighted by atomic mass is 28.4. The van der Waals surface area contributed by atoms with E-state index >= 15 is 8.78 Å². The third-order valence-electron chi connectivity index (χ3n) is 9.79. The molecule has 1 atom stereocenters. The monoisotopic (exact) mass is 774 g/mol. The molecule has 0 fully saturated rings. The summed E-state index contributed by atoms with van der Waals surface area (Å²) in [5.74, 6) is -6.09. The molecule has 0 saturated heterocycles. The van der Waals surface area contributed by atoms with Crippen LogP contribution < -0.4 is 21.5 Å². The molecule has 3 aromatic carbocycles. The van der Waals surface area contributed by atoms with Crippen LogP contribution >= 0.6 is 0 Å². The van der Waals surface area contributed by atoms with E-state index in [0.29, 0.717) is 17.7 Å². The molecule has 0 bridgehead atoms. The Hall–Kier alpha value is -5.14. The van der Waals surface area contributed by atoms with Crippen molar-refractivity contribution in [2.45, 2.75) is 90.3 Å². The Morgan fingerprint density at radius 2 is 1.45 bits per heavy atom. The summed E-state index contributed by atoms with van der Waals surface area (Å²) >= 11 is 0. The van der Waals surface area contributed by atoms with E-state index in [9.17, 15) is 19.2 Å². The fraction of sp³-hybridized carbons (Fsp3) is 0.381. The van der Waals surface area contributed by atoms with Gasteiger partial charge in [0.15, 0.2) is 8.32 Å². The SMILES string of the molecule is CC(C)c1ccccc1CCNC(=O)C(F)(F)C(CNC(=O)Cn1c(-c2ccccc2)ccc(NC(=O)OCc2ccccc2)c1=O)O[Si](C)(C)C(C)(C)C. The molecule has 0 aliphatic heterocycles. The van der Waals surface area contributed by atoms with E-state index in [2.05, 4.69) is 16.0 Å². The first-order valence-corrected chi connectivity index (χ1v) is 21.3. The van der Waals surface area contributed by atoms with Crippen LogP contribution in [0.5, 0.6) is 0 Å². The van der Waals surface area contributed by atoms with Gasteiger partial charge in [-0.1, -0.05) is 120 Å². The van der Waals surface area contributed by atoms with Crippen LogP contribution in [0.15, 0.2) is 102 Å². The van der Waals surface area contributed by atoms with Crippen molar-refractivity contribution in [2.24, 2.45) is 0 Å². The molecular weight excluding hydrogens is 723 g/mol. The zero-order chi connectivity index (χ0) is 40.4. The molecular formula is C42H52F2N4O6Si. The van der Waals surface area contributed by atoms with Crippen LogP contribution in [0.1, 0.15) is 57.2 Å². The topological polar surface area (TPSA) is 128 Å². The molecule has 1 aromatic heterocycles. The Morgan fingerprint density at radius 1 is 0.836 bits per heavy atom. The van der Waals surface area contributed by atoms with Gasteiger partial charge in [-0.05, 0) is 64.9 Å². The van der Waals surface area contributed by atoms with Gasteiger partial charge in [-0.15, -0.1) is 0 Å². The first kappa shape index (κ1) is 42.6. The fourth-order valence-corrected chi connectivity index (χ4v) is 6.94. The highest BCUT2D eigenvalue weighted by Gasteiger charge is 2.52. The number of alkyl halides is 2. The zero-order valence-electron chi connectivity index (χ0n) is 32.6. The summed E-state index contributed by atoms with van der Waals surface area (Å²) in [4.78, 5) is 53.1. The molecule has 3 N–H and O–H groups in total. The van der Waals surface area contributed by atoms with Gasteiger partial charge in [0.1, 0.15) is 24.9 Å². The van der Waals surface area contributed by atoms with E-state index in [1.807, 2.05) is 65.0 Å².